The van der Waals surface area contributed by atoms with Gasteiger partial charge in [0, 0.05) is 10.9 Å². The molecule has 0 aliphatic heterocycles. The van der Waals surface area contributed by atoms with Crippen molar-refractivity contribution in [3.8, 4) is 17.0 Å². The zero-order chi connectivity index (χ0) is 16.6. The van der Waals surface area contributed by atoms with Gasteiger partial charge in [-0.2, -0.15) is 18.2 Å². The van der Waals surface area contributed by atoms with Crippen molar-refractivity contribution in [1.82, 2.24) is 14.6 Å². The smallest absolute Gasteiger partial charge is 0.471 e. The Labute approximate surface area is 131 Å². The highest BCUT2D eigenvalue weighted by atomic mass is 32.1. The topological polar surface area (TPSA) is 68.5 Å². The number of carbonyl (C=O) groups excluding carboxylic acids is 1. The minimum absolute atomic E-state index is 0.350. The van der Waals surface area contributed by atoms with E-state index in [-0.39, 0.29) is 0 Å². The molecule has 0 spiro atoms. The second-order valence-corrected chi connectivity index (χ2v) is 5.24. The van der Waals surface area contributed by atoms with Crippen molar-refractivity contribution < 1.29 is 22.7 Å². The molecule has 2 heterocycles. The fraction of sp³-hybridized carbons (Fsp3) is 0.154. The van der Waals surface area contributed by atoms with Gasteiger partial charge in [-0.25, -0.2) is 4.52 Å². The van der Waals surface area contributed by atoms with Gasteiger partial charge in [0.1, 0.15) is 5.75 Å². The SMILES string of the molecule is COc1ccccc1-c1csc2nc(NC(=O)C(F)(F)F)nn12. The summed E-state index contributed by atoms with van der Waals surface area (Å²) in [6.07, 6.45) is -5.00. The van der Waals surface area contributed by atoms with Crippen molar-refractivity contribution in [1.29, 1.82) is 0 Å². The van der Waals surface area contributed by atoms with Crippen LogP contribution in [0.4, 0.5) is 19.1 Å². The van der Waals surface area contributed by atoms with E-state index in [9.17, 15) is 18.0 Å². The third kappa shape index (κ3) is 2.84. The largest absolute Gasteiger partial charge is 0.496 e. The molecule has 0 saturated heterocycles. The van der Waals surface area contributed by atoms with Crippen LogP contribution >= 0.6 is 11.3 Å². The summed E-state index contributed by atoms with van der Waals surface area (Å²) in [7, 11) is 1.51. The van der Waals surface area contributed by atoms with E-state index in [1.807, 2.05) is 0 Å². The van der Waals surface area contributed by atoms with Crippen molar-refractivity contribution in [3.05, 3.63) is 29.6 Å². The molecule has 3 aromatic rings. The summed E-state index contributed by atoms with van der Waals surface area (Å²) in [5, 5.41) is 7.29. The molecule has 0 saturated carbocycles. The lowest BCUT2D eigenvalue weighted by molar-refractivity contribution is -0.167. The predicted molar refractivity (Wildman–Crippen MR) is 77.5 cm³/mol. The molecule has 6 nitrogen and oxygen atoms in total. The van der Waals surface area contributed by atoms with Gasteiger partial charge in [0.25, 0.3) is 5.95 Å². The highest BCUT2D eigenvalue weighted by Gasteiger charge is 2.39. The molecule has 3 rings (SSSR count). The molecule has 0 radical (unpaired) electrons. The van der Waals surface area contributed by atoms with Crippen molar-refractivity contribution in [2.45, 2.75) is 6.18 Å². The molecular formula is C13H9F3N4O2S. The Hall–Kier alpha value is -2.62. The maximum absolute atomic E-state index is 12.3. The first-order chi connectivity index (χ1) is 10.9. The fourth-order valence-corrected chi connectivity index (χ4v) is 2.77. The van der Waals surface area contributed by atoms with Gasteiger partial charge in [0.15, 0.2) is 0 Å². The Balaban J connectivity index is 2.00. The molecule has 0 aliphatic rings. The number of ether oxygens (including phenoxy) is 1. The summed E-state index contributed by atoms with van der Waals surface area (Å²) >= 11 is 1.18. The van der Waals surface area contributed by atoms with E-state index in [4.69, 9.17) is 4.74 Å². The van der Waals surface area contributed by atoms with Crippen LogP contribution in [0.1, 0.15) is 0 Å². The van der Waals surface area contributed by atoms with Gasteiger partial charge in [0.2, 0.25) is 4.96 Å². The number of para-hydroxylation sites is 1. The molecule has 0 bridgehead atoms. The van der Waals surface area contributed by atoms with Crippen LogP contribution in [-0.4, -0.2) is 33.8 Å². The number of nitrogens with zero attached hydrogens (tertiary/aromatic N) is 3. The molecule has 23 heavy (non-hydrogen) atoms. The van der Waals surface area contributed by atoms with Crippen LogP contribution in [0.2, 0.25) is 0 Å². The number of halogens is 3. The number of aromatic nitrogens is 3. The Bertz CT molecular complexity index is 872. The van der Waals surface area contributed by atoms with Gasteiger partial charge < -0.3 is 4.74 Å². The number of rotatable bonds is 3. The molecular weight excluding hydrogens is 333 g/mol. The number of nitrogens with one attached hydrogen (secondary N) is 1. The van der Waals surface area contributed by atoms with Crippen molar-refractivity contribution in [3.63, 3.8) is 0 Å². The van der Waals surface area contributed by atoms with Crippen molar-refractivity contribution in [2.24, 2.45) is 0 Å². The van der Waals surface area contributed by atoms with E-state index >= 15 is 0 Å². The van der Waals surface area contributed by atoms with Crippen molar-refractivity contribution >= 4 is 28.2 Å². The van der Waals surface area contributed by atoms with E-state index in [2.05, 4.69) is 10.1 Å². The van der Waals surface area contributed by atoms with E-state index < -0.39 is 18.0 Å². The van der Waals surface area contributed by atoms with E-state index in [0.29, 0.717) is 22.0 Å². The van der Waals surface area contributed by atoms with Crippen LogP contribution in [-0.2, 0) is 4.79 Å². The van der Waals surface area contributed by atoms with Crippen molar-refractivity contribution in [2.75, 3.05) is 12.4 Å². The van der Waals surface area contributed by atoms with E-state index in [1.165, 1.54) is 23.0 Å². The van der Waals surface area contributed by atoms with Crippen LogP contribution < -0.4 is 10.1 Å². The Morgan fingerprint density at radius 2 is 2.09 bits per heavy atom. The maximum atomic E-state index is 12.3. The molecule has 0 atom stereocenters. The molecule has 1 N–H and O–H groups in total. The normalized spacial score (nSPS) is 11.7. The number of alkyl halides is 3. The summed E-state index contributed by atoms with van der Waals surface area (Å²) < 4.78 is 43.4. The minimum Gasteiger partial charge on any atom is -0.496 e. The highest BCUT2D eigenvalue weighted by Crippen LogP contribution is 2.32. The zero-order valence-corrected chi connectivity index (χ0v) is 12.4. The van der Waals surface area contributed by atoms with Gasteiger partial charge in [-0.3, -0.25) is 10.1 Å². The quantitative estimate of drug-likeness (QED) is 0.795. The van der Waals surface area contributed by atoms with Crippen LogP contribution in [0.15, 0.2) is 29.6 Å². The molecule has 0 unspecified atom stereocenters. The lowest BCUT2D eigenvalue weighted by Crippen LogP contribution is -2.30. The van der Waals surface area contributed by atoms with Gasteiger partial charge in [-0.05, 0) is 12.1 Å². The van der Waals surface area contributed by atoms with Gasteiger partial charge >= 0.3 is 12.1 Å². The molecule has 120 valence electrons. The molecule has 1 amide bonds. The second-order valence-electron chi connectivity index (χ2n) is 4.40. The van der Waals surface area contributed by atoms with Crippen LogP contribution in [0, 0.1) is 0 Å². The Morgan fingerprint density at radius 3 is 2.78 bits per heavy atom. The van der Waals surface area contributed by atoms with E-state index in [1.54, 1.807) is 35.0 Å². The summed E-state index contributed by atoms with van der Waals surface area (Å²) in [4.78, 5) is 15.2. The average molecular weight is 342 g/mol. The Kier molecular flexibility index (Phi) is 3.68. The van der Waals surface area contributed by atoms with Crippen LogP contribution in [0.25, 0.3) is 16.2 Å². The van der Waals surface area contributed by atoms with Gasteiger partial charge in [-0.15, -0.1) is 16.4 Å². The number of thiazole rings is 1. The zero-order valence-electron chi connectivity index (χ0n) is 11.6. The summed E-state index contributed by atoms with van der Waals surface area (Å²) in [5.74, 6) is -1.94. The number of fused-ring (bicyclic) bond motifs is 1. The average Bonchev–Trinajstić information content (AvgIpc) is 3.06. The lowest BCUT2D eigenvalue weighted by Gasteiger charge is -2.06. The first-order valence-electron chi connectivity index (χ1n) is 6.26. The molecule has 10 heteroatoms. The predicted octanol–water partition coefficient (Wildman–Crippen LogP) is 2.97. The Morgan fingerprint density at radius 1 is 1.35 bits per heavy atom. The first-order valence-corrected chi connectivity index (χ1v) is 7.14. The first kappa shape index (κ1) is 15.3. The summed E-state index contributed by atoms with van der Waals surface area (Å²) in [6, 6.07) is 7.13. The number of benzene rings is 1. The minimum atomic E-state index is -5.00. The second kappa shape index (κ2) is 5.54. The number of amides is 1. The number of hydrogen-bond acceptors (Lipinski definition) is 5. The highest BCUT2D eigenvalue weighted by molar-refractivity contribution is 7.15. The molecule has 1 aromatic carbocycles. The molecule has 2 aromatic heterocycles. The summed E-state index contributed by atoms with van der Waals surface area (Å²) in [6.45, 7) is 0. The van der Waals surface area contributed by atoms with Gasteiger partial charge in [0.05, 0.1) is 12.8 Å². The fourth-order valence-electron chi connectivity index (χ4n) is 1.95. The standard InChI is InChI=1S/C13H9F3N4O2S/c1-22-9-5-3-2-4-7(9)8-6-23-12-18-11(19-20(8)12)17-10(21)13(14,15)16/h2-6H,1H3,(H,17,19,21). The summed E-state index contributed by atoms with van der Waals surface area (Å²) in [5.41, 5.74) is 1.31. The molecule has 0 aliphatic carbocycles. The lowest BCUT2D eigenvalue weighted by atomic mass is 10.1. The van der Waals surface area contributed by atoms with Crippen LogP contribution in [0.5, 0.6) is 5.75 Å². The number of anilines is 1. The maximum Gasteiger partial charge on any atom is 0.471 e. The van der Waals surface area contributed by atoms with Crippen LogP contribution in [0.3, 0.4) is 0 Å². The number of hydrogen-bond donors (Lipinski definition) is 1. The van der Waals surface area contributed by atoms with E-state index in [0.717, 1.165) is 0 Å². The number of carbonyl (C=O) groups is 1. The number of methoxy groups -OCH3 is 1. The molecule has 0 fully saturated rings. The third-order valence-electron chi connectivity index (χ3n) is 2.95. The third-order valence-corrected chi connectivity index (χ3v) is 3.76. The van der Waals surface area contributed by atoms with Gasteiger partial charge in [-0.1, -0.05) is 12.1 Å². The monoisotopic (exact) mass is 342 g/mol.